The first-order valence-corrected chi connectivity index (χ1v) is 8.83. The average molecular weight is 368 g/mol. The number of hydrogen-bond donors (Lipinski definition) is 4. The van der Waals surface area contributed by atoms with Gasteiger partial charge in [0.2, 0.25) is 0 Å². The van der Waals surface area contributed by atoms with Gasteiger partial charge in [-0.3, -0.25) is 4.99 Å². The molecule has 5 atom stereocenters. The molecule has 9 heteroatoms. The largest absolute Gasteiger partial charge is 0.412 e. The Morgan fingerprint density at radius 3 is 2.76 bits per heavy atom. The van der Waals surface area contributed by atoms with Crippen molar-refractivity contribution in [1.29, 1.82) is 0 Å². The number of rotatable bonds is 5. The molecule has 0 aliphatic carbocycles. The van der Waals surface area contributed by atoms with Gasteiger partial charge in [-0.25, -0.2) is 4.79 Å². The van der Waals surface area contributed by atoms with Gasteiger partial charge in [0.05, 0.1) is 11.7 Å². The molecule has 1 saturated heterocycles. The highest BCUT2D eigenvalue weighted by molar-refractivity contribution is 8.14. The van der Waals surface area contributed by atoms with Crippen molar-refractivity contribution in [2.75, 3.05) is 13.2 Å². The van der Waals surface area contributed by atoms with Crippen molar-refractivity contribution < 1.29 is 29.6 Å². The monoisotopic (exact) mass is 368 g/mol. The van der Waals surface area contributed by atoms with Gasteiger partial charge >= 0.3 is 6.09 Å². The lowest BCUT2D eigenvalue weighted by Crippen LogP contribution is -2.55. The molecule has 136 valence electrons. The van der Waals surface area contributed by atoms with Gasteiger partial charge in [0.15, 0.2) is 0 Å². The maximum Gasteiger partial charge on any atom is 0.412 e. The molecule has 0 radical (unpaired) electrons. The van der Waals surface area contributed by atoms with Crippen molar-refractivity contribution in [3.8, 4) is 5.75 Å². The van der Waals surface area contributed by atoms with Crippen molar-refractivity contribution in [3.05, 3.63) is 30.3 Å². The van der Waals surface area contributed by atoms with Gasteiger partial charge in [-0.15, -0.1) is 0 Å². The summed E-state index contributed by atoms with van der Waals surface area (Å²) in [5, 5.41) is 32.5. The van der Waals surface area contributed by atoms with Crippen molar-refractivity contribution in [2.45, 2.75) is 36.2 Å². The fourth-order valence-electron chi connectivity index (χ4n) is 2.66. The van der Waals surface area contributed by atoms with Gasteiger partial charge < -0.3 is 30.1 Å². The fraction of sp³-hybridized carbons (Fsp3) is 0.500. The number of amides is 1. The zero-order chi connectivity index (χ0) is 17.8. The molecule has 0 spiro atoms. The third kappa shape index (κ3) is 4.31. The average Bonchev–Trinajstić information content (AvgIpc) is 3.02. The Morgan fingerprint density at radius 2 is 2.04 bits per heavy atom. The SMILES string of the molecule is O=C(NCCC1=N[C@@H]2[C@@H](O)[C@H](O)[C@@H](CO)O[C@@H]2S1)Oc1ccccc1. The highest BCUT2D eigenvalue weighted by atomic mass is 32.2. The van der Waals surface area contributed by atoms with E-state index in [1.54, 1.807) is 24.3 Å². The Morgan fingerprint density at radius 1 is 1.28 bits per heavy atom. The van der Waals surface area contributed by atoms with E-state index in [0.717, 1.165) is 0 Å². The summed E-state index contributed by atoms with van der Waals surface area (Å²) in [6.45, 7) is -0.0523. The number of ether oxygens (including phenoxy) is 2. The van der Waals surface area contributed by atoms with Crippen LogP contribution in [0.5, 0.6) is 5.75 Å². The number of nitrogens with zero attached hydrogens (tertiary/aromatic N) is 1. The van der Waals surface area contributed by atoms with E-state index in [1.807, 2.05) is 6.07 Å². The standard InChI is InChI=1S/C16H20N2O6S/c19-8-10-13(20)14(21)12-15(24-10)25-11(18-12)6-7-17-16(22)23-9-4-2-1-3-5-9/h1-5,10,12-15,19-21H,6-8H2,(H,17,22)/t10-,12-,13-,14-,15-/m1/s1. The fourth-order valence-corrected chi connectivity index (χ4v) is 3.89. The number of benzene rings is 1. The van der Waals surface area contributed by atoms with E-state index in [-0.39, 0.29) is 6.61 Å². The molecule has 1 amide bonds. The number of aliphatic imine (C=N–C) groups is 1. The summed E-state index contributed by atoms with van der Waals surface area (Å²) in [6, 6.07) is 8.16. The summed E-state index contributed by atoms with van der Waals surface area (Å²) in [6.07, 6.45) is -3.18. The summed E-state index contributed by atoms with van der Waals surface area (Å²) in [4.78, 5) is 16.1. The molecule has 1 aromatic carbocycles. The second kappa shape index (κ2) is 8.15. The van der Waals surface area contributed by atoms with Crippen LogP contribution in [0.3, 0.4) is 0 Å². The van der Waals surface area contributed by atoms with Crippen LogP contribution in [0.1, 0.15) is 6.42 Å². The van der Waals surface area contributed by atoms with Crippen LogP contribution in [0.15, 0.2) is 35.3 Å². The molecule has 2 aliphatic rings. The molecule has 1 aromatic rings. The van der Waals surface area contributed by atoms with Gasteiger partial charge in [0.25, 0.3) is 0 Å². The molecule has 0 unspecified atom stereocenters. The van der Waals surface area contributed by atoms with Gasteiger partial charge in [0, 0.05) is 13.0 Å². The van der Waals surface area contributed by atoms with E-state index < -0.39 is 35.9 Å². The van der Waals surface area contributed by atoms with E-state index in [2.05, 4.69) is 10.3 Å². The molecule has 3 rings (SSSR count). The van der Waals surface area contributed by atoms with Gasteiger partial charge in [-0.2, -0.15) is 0 Å². The normalized spacial score (nSPS) is 31.2. The lowest BCUT2D eigenvalue weighted by atomic mass is 9.99. The highest BCUT2D eigenvalue weighted by Crippen LogP contribution is 2.37. The van der Waals surface area contributed by atoms with Gasteiger partial charge in [-0.05, 0) is 12.1 Å². The van der Waals surface area contributed by atoms with Crippen molar-refractivity contribution in [3.63, 3.8) is 0 Å². The third-order valence-electron chi connectivity index (χ3n) is 3.96. The molecule has 4 N–H and O–H groups in total. The van der Waals surface area contributed by atoms with Crippen molar-refractivity contribution in [1.82, 2.24) is 5.32 Å². The molecule has 2 aliphatic heterocycles. The quantitative estimate of drug-likeness (QED) is 0.582. The summed E-state index contributed by atoms with van der Waals surface area (Å²) >= 11 is 1.33. The Labute approximate surface area is 148 Å². The second-order valence-corrected chi connectivity index (χ2v) is 6.89. The number of aliphatic hydroxyl groups is 3. The van der Waals surface area contributed by atoms with Crippen LogP contribution in [0, 0.1) is 0 Å². The number of fused-ring (bicyclic) bond motifs is 1. The number of aliphatic hydroxyl groups excluding tert-OH is 3. The van der Waals surface area contributed by atoms with Crippen molar-refractivity contribution >= 4 is 22.9 Å². The lowest BCUT2D eigenvalue weighted by molar-refractivity contribution is -0.164. The Kier molecular flexibility index (Phi) is 5.92. The van der Waals surface area contributed by atoms with E-state index in [4.69, 9.17) is 9.47 Å². The Bertz CT molecular complexity index is 628. The predicted octanol–water partition coefficient (Wildman–Crippen LogP) is 0.118. The molecule has 25 heavy (non-hydrogen) atoms. The summed E-state index contributed by atoms with van der Waals surface area (Å²) in [5.41, 5.74) is -0.443. The minimum Gasteiger partial charge on any atom is -0.410 e. The van der Waals surface area contributed by atoms with Crippen LogP contribution in [0.4, 0.5) is 4.79 Å². The Balaban J connectivity index is 1.46. The number of carbonyl (C=O) groups is 1. The molecule has 0 bridgehead atoms. The first kappa shape index (κ1) is 18.2. The van der Waals surface area contributed by atoms with E-state index in [0.29, 0.717) is 23.8 Å². The zero-order valence-corrected chi connectivity index (χ0v) is 14.1. The van der Waals surface area contributed by atoms with Crippen LogP contribution >= 0.6 is 11.8 Å². The Hall–Kier alpha value is -1.65. The predicted molar refractivity (Wildman–Crippen MR) is 91.7 cm³/mol. The summed E-state index contributed by atoms with van der Waals surface area (Å²) in [5.74, 6) is 0.458. The number of nitrogens with one attached hydrogen (secondary N) is 1. The second-order valence-electron chi connectivity index (χ2n) is 5.72. The summed E-state index contributed by atoms with van der Waals surface area (Å²) < 4.78 is 10.7. The van der Waals surface area contributed by atoms with Crippen LogP contribution < -0.4 is 10.1 Å². The smallest absolute Gasteiger partial charge is 0.410 e. The summed E-state index contributed by atoms with van der Waals surface area (Å²) in [7, 11) is 0. The van der Waals surface area contributed by atoms with Gasteiger partial charge in [-0.1, -0.05) is 30.0 Å². The van der Waals surface area contributed by atoms with E-state index in [1.165, 1.54) is 11.8 Å². The number of carbonyl (C=O) groups excluding carboxylic acids is 1. The molecule has 0 saturated carbocycles. The minimum absolute atomic E-state index is 0.318. The maximum absolute atomic E-state index is 11.7. The first-order chi connectivity index (χ1) is 12.1. The number of thioether (sulfide) groups is 1. The molecule has 8 nitrogen and oxygen atoms in total. The maximum atomic E-state index is 11.7. The van der Waals surface area contributed by atoms with E-state index >= 15 is 0 Å². The zero-order valence-electron chi connectivity index (χ0n) is 13.3. The molecule has 1 fully saturated rings. The molecule has 2 heterocycles. The van der Waals surface area contributed by atoms with Gasteiger partial charge in [0.1, 0.15) is 35.5 Å². The number of hydrogen-bond acceptors (Lipinski definition) is 8. The minimum atomic E-state index is -1.17. The highest BCUT2D eigenvalue weighted by Gasteiger charge is 2.47. The molecular weight excluding hydrogens is 348 g/mol. The lowest BCUT2D eigenvalue weighted by Gasteiger charge is -2.37. The van der Waals surface area contributed by atoms with E-state index in [9.17, 15) is 20.1 Å². The van der Waals surface area contributed by atoms with Crippen LogP contribution in [0.2, 0.25) is 0 Å². The van der Waals surface area contributed by atoms with Crippen molar-refractivity contribution in [2.24, 2.45) is 4.99 Å². The van der Waals surface area contributed by atoms with Crippen LogP contribution in [-0.2, 0) is 4.74 Å². The van der Waals surface area contributed by atoms with Crippen LogP contribution in [-0.4, -0.2) is 69.4 Å². The molecular formula is C16H20N2O6S. The first-order valence-electron chi connectivity index (χ1n) is 7.95. The molecule has 0 aromatic heterocycles. The van der Waals surface area contributed by atoms with Crippen LogP contribution in [0.25, 0.3) is 0 Å². The third-order valence-corrected chi connectivity index (χ3v) is 5.16. The number of para-hydroxylation sites is 1. The topological polar surface area (TPSA) is 121 Å².